The van der Waals surface area contributed by atoms with Gasteiger partial charge in [-0.1, -0.05) is 23.7 Å². The summed E-state index contributed by atoms with van der Waals surface area (Å²) in [4.78, 5) is 10.9. The molecule has 0 aromatic heterocycles. The molecular weight excluding hydrogens is 219 g/mol. The summed E-state index contributed by atoms with van der Waals surface area (Å²) in [6.45, 7) is 0. The molecule has 0 saturated carbocycles. The van der Waals surface area contributed by atoms with Gasteiger partial charge in [0.2, 0.25) is 0 Å². The Bertz CT molecular complexity index is 506. The van der Waals surface area contributed by atoms with Crippen molar-refractivity contribution < 1.29 is 4.79 Å². The Morgan fingerprint density at radius 2 is 1.64 bits per heavy atom. The molecule has 0 aliphatic heterocycles. The molecule has 0 saturated heterocycles. The Balaban J connectivity index is 2.67. The number of fused-ring (bicyclic) bond motifs is 1. The molecule has 0 spiro atoms. The average molecular weight is 225 g/mol. The summed E-state index contributed by atoms with van der Waals surface area (Å²) in [6.07, 6.45) is 0. The minimum Gasteiger partial charge on any atom is -0.276 e. The van der Waals surface area contributed by atoms with Gasteiger partial charge in [0, 0.05) is 10.6 Å². The van der Waals surface area contributed by atoms with Crippen LogP contribution in [0.4, 0.5) is 0 Å². The number of benzene rings is 2. The van der Waals surface area contributed by atoms with Crippen molar-refractivity contribution in [3.63, 3.8) is 0 Å². The molecule has 2 aromatic rings. The van der Waals surface area contributed by atoms with E-state index in [1.54, 1.807) is 18.2 Å². The molecule has 0 heterocycles. The minimum absolute atomic E-state index is 0.443. The van der Waals surface area contributed by atoms with Crippen LogP contribution in [-0.4, -0.2) is 5.24 Å². The zero-order valence-corrected chi connectivity index (χ0v) is 8.64. The summed E-state index contributed by atoms with van der Waals surface area (Å²) < 4.78 is 0. The maximum Gasteiger partial charge on any atom is 0.252 e. The monoisotopic (exact) mass is 224 g/mol. The molecular formula is C11H6Cl2O. The van der Waals surface area contributed by atoms with E-state index in [9.17, 15) is 4.79 Å². The minimum atomic E-state index is -0.443. The van der Waals surface area contributed by atoms with Crippen LogP contribution in [0.25, 0.3) is 10.8 Å². The number of hydrogen-bond acceptors (Lipinski definition) is 1. The molecule has 2 rings (SSSR count). The molecule has 0 bridgehead atoms. The first-order valence-electron chi connectivity index (χ1n) is 4.06. The third-order valence-corrected chi connectivity index (χ3v) is 2.48. The van der Waals surface area contributed by atoms with Crippen LogP contribution in [0.2, 0.25) is 5.02 Å². The van der Waals surface area contributed by atoms with Gasteiger partial charge >= 0.3 is 0 Å². The van der Waals surface area contributed by atoms with Gasteiger partial charge in [-0.3, -0.25) is 4.79 Å². The van der Waals surface area contributed by atoms with E-state index in [0.717, 1.165) is 10.8 Å². The van der Waals surface area contributed by atoms with Crippen LogP contribution >= 0.6 is 23.2 Å². The second kappa shape index (κ2) is 3.60. The van der Waals surface area contributed by atoms with Crippen LogP contribution in [0.5, 0.6) is 0 Å². The smallest absolute Gasteiger partial charge is 0.252 e. The highest BCUT2D eigenvalue weighted by Gasteiger charge is 2.02. The number of carbonyl (C=O) groups is 1. The largest absolute Gasteiger partial charge is 0.276 e. The lowest BCUT2D eigenvalue weighted by molar-refractivity contribution is 0.108. The summed E-state index contributed by atoms with van der Waals surface area (Å²) in [6, 6.07) is 10.8. The van der Waals surface area contributed by atoms with E-state index in [4.69, 9.17) is 23.2 Å². The molecule has 0 radical (unpaired) electrons. The highest BCUT2D eigenvalue weighted by Crippen LogP contribution is 2.21. The second-order valence-electron chi connectivity index (χ2n) is 2.98. The molecule has 70 valence electrons. The van der Waals surface area contributed by atoms with Crippen LogP contribution in [0.1, 0.15) is 10.4 Å². The fourth-order valence-corrected chi connectivity index (χ4v) is 1.64. The van der Waals surface area contributed by atoms with Crippen molar-refractivity contribution in [2.75, 3.05) is 0 Å². The summed E-state index contributed by atoms with van der Waals surface area (Å²) >= 11 is 11.2. The predicted octanol–water partition coefficient (Wildman–Crippen LogP) is 3.87. The van der Waals surface area contributed by atoms with Gasteiger partial charge in [0.1, 0.15) is 0 Å². The first-order valence-corrected chi connectivity index (χ1v) is 4.81. The topological polar surface area (TPSA) is 17.1 Å². The number of hydrogen-bond donors (Lipinski definition) is 0. The quantitative estimate of drug-likeness (QED) is 0.673. The molecule has 0 aliphatic carbocycles. The van der Waals surface area contributed by atoms with Crippen molar-refractivity contribution in [3.05, 3.63) is 47.0 Å². The van der Waals surface area contributed by atoms with Crippen molar-refractivity contribution in [2.45, 2.75) is 0 Å². The van der Waals surface area contributed by atoms with Crippen LogP contribution in [-0.2, 0) is 0 Å². The van der Waals surface area contributed by atoms with E-state index < -0.39 is 5.24 Å². The summed E-state index contributed by atoms with van der Waals surface area (Å²) in [5.74, 6) is 0. The van der Waals surface area contributed by atoms with Gasteiger partial charge in [-0.15, -0.1) is 0 Å². The molecule has 0 unspecified atom stereocenters. The number of halogens is 2. The van der Waals surface area contributed by atoms with E-state index in [1.165, 1.54) is 0 Å². The van der Waals surface area contributed by atoms with E-state index in [1.807, 2.05) is 18.2 Å². The molecule has 1 nitrogen and oxygen atoms in total. The summed E-state index contributed by atoms with van der Waals surface area (Å²) in [7, 11) is 0. The van der Waals surface area contributed by atoms with Gasteiger partial charge in [0.25, 0.3) is 5.24 Å². The van der Waals surface area contributed by atoms with Crippen LogP contribution < -0.4 is 0 Å². The van der Waals surface area contributed by atoms with Gasteiger partial charge < -0.3 is 0 Å². The fourth-order valence-electron chi connectivity index (χ4n) is 1.34. The normalized spacial score (nSPS) is 10.4. The third kappa shape index (κ3) is 1.74. The van der Waals surface area contributed by atoms with E-state index in [0.29, 0.717) is 10.6 Å². The van der Waals surface area contributed by atoms with Crippen LogP contribution in [0, 0.1) is 0 Å². The average Bonchev–Trinajstić information content (AvgIpc) is 2.16. The molecule has 0 atom stereocenters. The van der Waals surface area contributed by atoms with Gasteiger partial charge in [-0.05, 0) is 46.6 Å². The highest BCUT2D eigenvalue weighted by atomic mass is 35.5. The SMILES string of the molecule is O=C(Cl)c1ccc2cc(Cl)ccc2c1. The van der Waals surface area contributed by atoms with Crippen molar-refractivity contribution >= 4 is 39.2 Å². The van der Waals surface area contributed by atoms with Crippen molar-refractivity contribution in [1.29, 1.82) is 0 Å². The first kappa shape index (κ1) is 9.50. The van der Waals surface area contributed by atoms with Crippen LogP contribution in [0.15, 0.2) is 36.4 Å². The van der Waals surface area contributed by atoms with E-state index in [-0.39, 0.29) is 0 Å². The van der Waals surface area contributed by atoms with Crippen LogP contribution in [0.3, 0.4) is 0 Å². The second-order valence-corrected chi connectivity index (χ2v) is 3.76. The first-order chi connectivity index (χ1) is 6.66. The molecule has 0 amide bonds. The Labute approximate surface area is 91.2 Å². The Morgan fingerprint density at radius 3 is 2.36 bits per heavy atom. The standard InChI is InChI=1S/C11H6Cl2O/c12-10-4-3-7-5-9(11(13)14)2-1-8(7)6-10/h1-6H. The molecule has 0 fully saturated rings. The van der Waals surface area contributed by atoms with Gasteiger partial charge in [-0.2, -0.15) is 0 Å². The molecule has 0 aliphatic rings. The fraction of sp³-hybridized carbons (Fsp3) is 0. The van der Waals surface area contributed by atoms with E-state index >= 15 is 0 Å². The lowest BCUT2D eigenvalue weighted by atomic mass is 10.1. The highest BCUT2D eigenvalue weighted by molar-refractivity contribution is 6.67. The van der Waals surface area contributed by atoms with Gasteiger partial charge in [0.15, 0.2) is 0 Å². The Hall–Kier alpha value is -1.05. The lowest BCUT2D eigenvalue weighted by Gasteiger charge is -1.99. The predicted molar refractivity (Wildman–Crippen MR) is 59.1 cm³/mol. The Morgan fingerprint density at radius 1 is 1.00 bits per heavy atom. The lowest BCUT2D eigenvalue weighted by Crippen LogP contribution is -1.87. The Kier molecular flexibility index (Phi) is 2.44. The van der Waals surface area contributed by atoms with Gasteiger partial charge in [-0.25, -0.2) is 0 Å². The summed E-state index contributed by atoms with van der Waals surface area (Å²) in [5.41, 5.74) is 0.501. The maximum absolute atomic E-state index is 10.9. The number of carbonyl (C=O) groups excluding carboxylic acids is 1. The zero-order valence-electron chi connectivity index (χ0n) is 7.13. The third-order valence-electron chi connectivity index (χ3n) is 2.03. The van der Waals surface area contributed by atoms with Crippen molar-refractivity contribution in [2.24, 2.45) is 0 Å². The number of rotatable bonds is 1. The van der Waals surface area contributed by atoms with Gasteiger partial charge in [0.05, 0.1) is 0 Å². The molecule has 0 N–H and O–H groups in total. The molecule has 3 heteroatoms. The zero-order chi connectivity index (χ0) is 10.1. The maximum atomic E-state index is 10.9. The molecule has 2 aromatic carbocycles. The summed E-state index contributed by atoms with van der Waals surface area (Å²) in [5, 5.41) is 2.20. The molecule has 14 heavy (non-hydrogen) atoms. The van der Waals surface area contributed by atoms with Crippen molar-refractivity contribution in [3.8, 4) is 0 Å². The van der Waals surface area contributed by atoms with Crippen molar-refractivity contribution in [1.82, 2.24) is 0 Å². The van der Waals surface area contributed by atoms with E-state index in [2.05, 4.69) is 0 Å².